The molecule has 2 aromatic rings. The first kappa shape index (κ1) is 25.3. The molecule has 0 bridgehead atoms. The van der Waals surface area contributed by atoms with E-state index in [4.69, 9.17) is 9.84 Å². The van der Waals surface area contributed by atoms with Crippen molar-refractivity contribution in [2.24, 2.45) is 5.41 Å². The average Bonchev–Trinajstić information content (AvgIpc) is 2.87. The molecule has 0 saturated carbocycles. The number of rotatable bonds is 10. The summed E-state index contributed by atoms with van der Waals surface area (Å²) in [6, 6.07) is 12.1. The number of hydrogen-bond acceptors (Lipinski definition) is 5. The summed E-state index contributed by atoms with van der Waals surface area (Å²) >= 11 is 0. The van der Waals surface area contributed by atoms with Gasteiger partial charge in [0, 0.05) is 35.5 Å². The Morgan fingerprint density at radius 1 is 1.12 bits per heavy atom. The van der Waals surface area contributed by atoms with Gasteiger partial charge in [0.05, 0.1) is 10.6 Å². The number of unbranched alkanes of at least 4 members (excludes halogenated alkanes) is 2. The van der Waals surface area contributed by atoms with Crippen molar-refractivity contribution in [1.82, 2.24) is 0 Å². The first-order valence-electron chi connectivity index (χ1n) is 11.5. The van der Waals surface area contributed by atoms with E-state index in [1.807, 2.05) is 35.2 Å². The molecule has 0 radical (unpaired) electrons. The van der Waals surface area contributed by atoms with Crippen molar-refractivity contribution in [2.45, 2.75) is 57.3 Å². The van der Waals surface area contributed by atoms with Gasteiger partial charge in [0.2, 0.25) is 0 Å². The van der Waals surface area contributed by atoms with Crippen molar-refractivity contribution < 1.29 is 28.1 Å². The number of fused-ring (bicyclic) bond motifs is 1. The minimum Gasteiger partial charge on any atom is -0.479 e. The van der Waals surface area contributed by atoms with Gasteiger partial charge in [-0.15, -0.1) is 0 Å². The SMILES string of the molecule is CCCCC1(CCCC)CN(c2ccccc2)c2cc(F)c(OCC(=O)O)cc2S(O)(O)C1. The summed E-state index contributed by atoms with van der Waals surface area (Å²) < 4.78 is 43.0. The van der Waals surface area contributed by atoms with Crippen LogP contribution in [0.2, 0.25) is 0 Å². The highest BCUT2D eigenvalue weighted by atomic mass is 32.3. The summed E-state index contributed by atoms with van der Waals surface area (Å²) in [4.78, 5) is 13.1. The molecule has 0 saturated heterocycles. The third-order valence-electron chi connectivity index (χ3n) is 6.20. The van der Waals surface area contributed by atoms with Crippen molar-refractivity contribution in [3.63, 3.8) is 0 Å². The standard InChI is InChI=1S/C25H34FNO5S/c1-3-5-12-25(13-6-4-2)17-27(19-10-8-7-9-11-19)21-14-20(26)22(32-16-24(28)29)15-23(21)33(30,31)18-25/h7-11,14-15,30-31H,3-6,12-13,16-18H2,1-2H3,(H,28,29). The fraction of sp³-hybridized carbons (Fsp3) is 0.480. The highest BCUT2D eigenvalue weighted by Gasteiger charge is 2.42. The van der Waals surface area contributed by atoms with Gasteiger partial charge in [-0.1, -0.05) is 57.7 Å². The molecule has 0 atom stereocenters. The second-order valence-corrected chi connectivity index (χ2v) is 10.9. The second-order valence-electron chi connectivity index (χ2n) is 8.87. The fourth-order valence-electron chi connectivity index (χ4n) is 4.59. The number of benzene rings is 2. The molecule has 0 aromatic heterocycles. The quantitative estimate of drug-likeness (QED) is 0.343. The Labute approximate surface area is 196 Å². The minimum absolute atomic E-state index is 0.181. The number of ether oxygens (including phenoxy) is 1. The first-order valence-corrected chi connectivity index (χ1v) is 13.2. The second kappa shape index (κ2) is 10.8. The van der Waals surface area contributed by atoms with Crippen LogP contribution in [-0.4, -0.2) is 39.1 Å². The van der Waals surface area contributed by atoms with Crippen LogP contribution in [0.1, 0.15) is 52.4 Å². The molecule has 2 aromatic carbocycles. The highest BCUT2D eigenvalue weighted by Crippen LogP contribution is 2.61. The van der Waals surface area contributed by atoms with Gasteiger partial charge in [-0.05, 0) is 25.0 Å². The predicted molar refractivity (Wildman–Crippen MR) is 130 cm³/mol. The van der Waals surface area contributed by atoms with E-state index in [-0.39, 0.29) is 21.8 Å². The molecular weight excluding hydrogens is 445 g/mol. The number of aliphatic carboxylic acids is 1. The lowest BCUT2D eigenvalue weighted by Gasteiger charge is -2.42. The van der Waals surface area contributed by atoms with E-state index in [1.54, 1.807) is 0 Å². The molecule has 0 fully saturated rings. The van der Waals surface area contributed by atoms with E-state index in [9.17, 15) is 13.9 Å². The van der Waals surface area contributed by atoms with Crippen LogP contribution in [0, 0.1) is 11.2 Å². The van der Waals surface area contributed by atoms with E-state index < -0.39 is 29.0 Å². The molecule has 1 aliphatic heterocycles. The zero-order chi connectivity index (χ0) is 24.1. The van der Waals surface area contributed by atoms with Crippen molar-refractivity contribution in [3.8, 4) is 5.75 Å². The Bertz CT molecular complexity index is 945. The number of carboxylic acids is 1. The summed E-state index contributed by atoms with van der Waals surface area (Å²) in [6.07, 6.45) is 5.57. The molecule has 0 spiro atoms. The Morgan fingerprint density at radius 2 is 1.76 bits per heavy atom. The van der Waals surface area contributed by atoms with Crippen molar-refractivity contribution >= 4 is 27.9 Å². The third-order valence-corrected chi connectivity index (χ3v) is 8.24. The van der Waals surface area contributed by atoms with Crippen molar-refractivity contribution in [2.75, 3.05) is 23.8 Å². The van der Waals surface area contributed by atoms with E-state index in [0.717, 1.165) is 44.2 Å². The van der Waals surface area contributed by atoms with E-state index in [1.165, 1.54) is 12.1 Å². The number of anilines is 2. The van der Waals surface area contributed by atoms with Crippen LogP contribution in [0.15, 0.2) is 47.4 Å². The molecule has 0 unspecified atom stereocenters. The summed E-state index contributed by atoms with van der Waals surface area (Å²) in [5.74, 6) is -2.08. The van der Waals surface area contributed by atoms with Crippen LogP contribution in [0.4, 0.5) is 15.8 Å². The lowest BCUT2D eigenvalue weighted by atomic mass is 9.79. The van der Waals surface area contributed by atoms with Crippen LogP contribution in [0.5, 0.6) is 5.75 Å². The number of hydrogen-bond donors (Lipinski definition) is 3. The minimum atomic E-state index is -3.30. The Hall–Kier alpha value is -2.29. The largest absolute Gasteiger partial charge is 0.479 e. The molecule has 3 rings (SSSR count). The monoisotopic (exact) mass is 479 g/mol. The van der Waals surface area contributed by atoms with E-state index in [2.05, 4.69) is 13.8 Å². The number of carbonyl (C=O) groups is 1. The number of halogens is 1. The summed E-state index contributed by atoms with van der Waals surface area (Å²) in [6.45, 7) is 4.06. The van der Waals surface area contributed by atoms with Gasteiger partial charge in [0.1, 0.15) is 0 Å². The first-order chi connectivity index (χ1) is 15.7. The maximum absolute atomic E-state index is 15.0. The summed E-state index contributed by atoms with van der Waals surface area (Å²) in [5, 5.41) is 8.93. The maximum Gasteiger partial charge on any atom is 0.341 e. The Kier molecular flexibility index (Phi) is 8.26. The van der Waals surface area contributed by atoms with Crippen LogP contribution in [-0.2, 0) is 4.79 Å². The zero-order valence-electron chi connectivity index (χ0n) is 19.3. The molecule has 8 heteroatoms. The Balaban J connectivity index is 2.17. The molecule has 182 valence electrons. The van der Waals surface area contributed by atoms with Gasteiger partial charge in [-0.2, -0.15) is 10.6 Å². The smallest absolute Gasteiger partial charge is 0.341 e. The highest BCUT2D eigenvalue weighted by molar-refractivity contribution is 8.24. The predicted octanol–water partition coefficient (Wildman–Crippen LogP) is 6.92. The van der Waals surface area contributed by atoms with Crippen LogP contribution < -0.4 is 9.64 Å². The van der Waals surface area contributed by atoms with Crippen LogP contribution >= 0.6 is 10.6 Å². The molecular formula is C25H34FNO5S. The van der Waals surface area contributed by atoms with Gasteiger partial charge >= 0.3 is 5.97 Å². The van der Waals surface area contributed by atoms with Crippen molar-refractivity contribution in [1.29, 1.82) is 0 Å². The molecule has 0 amide bonds. The van der Waals surface area contributed by atoms with Gasteiger partial charge in [-0.3, -0.25) is 9.11 Å². The number of carboxylic acid groups (broad SMARTS) is 1. The van der Waals surface area contributed by atoms with Crippen molar-refractivity contribution in [3.05, 3.63) is 48.3 Å². The van der Waals surface area contributed by atoms with Gasteiger partial charge in [-0.25, -0.2) is 9.18 Å². The van der Waals surface area contributed by atoms with Gasteiger partial charge in [0.15, 0.2) is 18.2 Å². The molecule has 0 aliphatic carbocycles. The van der Waals surface area contributed by atoms with Crippen LogP contribution in [0.3, 0.4) is 0 Å². The fourth-order valence-corrected chi connectivity index (χ4v) is 6.78. The molecule has 1 aliphatic rings. The molecule has 33 heavy (non-hydrogen) atoms. The maximum atomic E-state index is 15.0. The third kappa shape index (κ3) is 5.99. The van der Waals surface area contributed by atoms with Crippen LogP contribution in [0.25, 0.3) is 0 Å². The molecule has 3 N–H and O–H groups in total. The number of nitrogens with zero attached hydrogens (tertiary/aromatic N) is 1. The van der Waals surface area contributed by atoms with Gasteiger partial charge < -0.3 is 14.7 Å². The summed E-state index contributed by atoms with van der Waals surface area (Å²) in [5.41, 5.74) is 0.862. The van der Waals surface area contributed by atoms with E-state index >= 15 is 4.39 Å². The molecule has 6 nitrogen and oxygen atoms in total. The summed E-state index contributed by atoms with van der Waals surface area (Å²) in [7, 11) is -3.30. The van der Waals surface area contributed by atoms with Gasteiger partial charge in [0.25, 0.3) is 0 Å². The Morgan fingerprint density at radius 3 is 2.33 bits per heavy atom. The normalized spacial score (nSPS) is 17.7. The topological polar surface area (TPSA) is 90.2 Å². The lowest BCUT2D eigenvalue weighted by molar-refractivity contribution is -0.139. The lowest BCUT2D eigenvalue weighted by Crippen LogP contribution is -2.37. The zero-order valence-corrected chi connectivity index (χ0v) is 20.1. The average molecular weight is 480 g/mol. The molecule has 1 heterocycles. The van der Waals surface area contributed by atoms with E-state index in [0.29, 0.717) is 12.2 Å². The number of para-hydroxylation sites is 1.